The largest absolute Gasteiger partial charge is 0.311 e. The Labute approximate surface area is 95.0 Å². The lowest BCUT2D eigenvalue weighted by Crippen LogP contribution is -2.58. The van der Waals surface area contributed by atoms with Crippen LogP contribution in [0.1, 0.15) is 53.4 Å². The first-order valence-corrected chi connectivity index (χ1v) is 6.81. The molecular formula is C14H27N. The highest BCUT2D eigenvalue weighted by Gasteiger charge is 2.46. The third-order valence-electron chi connectivity index (χ3n) is 5.16. The zero-order valence-electron chi connectivity index (χ0n) is 10.8. The number of hydrogen-bond donors (Lipinski definition) is 1. The molecule has 2 bridgehead atoms. The van der Waals surface area contributed by atoms with Gasteiger partial charge in [0.25, 0.3) is 0 Å². The lowest BCUT2D eigenvalue weighted by atomic mass is 9.57. The van der Waals surface area contributed by atoms with E-state index in [0.29, 0.717) is 5.54 Å². The number of nitrogens with one attached hydrogen (secondary N) is 1. The van der Waals surface area contributed by atoms with Crippen molar-refractivity contribution in [1.29, 1.82) is 0 Å². The Hall–Kier alpha value is -0.0400. The van der Waals surface area contributed by atoms with E-state index in [4.69, 9.17) is 0 Å². The van der Waals surface area contributed by atoms with E-state index in [1.807, 2.05) is 0 Å². The summed E-state index contributed by atoms with van der Waals surface area (Å²) < 4.78 is 0. The third kappa shape index (κ3) is 1.95. The quantitative estimate of drug-likeness (QED) is 0.734. The predicted molar refractivity (Wildman–Crippen MR) is 65.9 cm³/mol. The Morgan fingerprint density at radius 1 is 1.13 bits per heavy atom. The van der Waals surface area contributed by atoms with Gasteiger partial charge in [-0.3, -0.25) is 0 Å². The summed E-state index contributed by atoms with van der Waals surface area (Å²) in [4.78, 5) is 0. The van der Waals surface area contributed by atoms with E-state index in [1.165, 1.54) is 25.7 Å². The summed E-state index contributed by atoms with van der Waals surface area (Å²) in [5.74, 6) is 3.77. The molecule has 0 aromatic carbocycles. The van der Waals surface area contributed by atoms with E-state index >= 15 is 0 Å². The van der Waals surface area contributed by atoms with Crippen LogP contribution in [0.15, 0.2) is 0 Å². The molecule has 0 spiro atoms. The molecule has 2 fully saturated rings. The zero-order chi connectivity index (χ0) is 11.1. The molecule has 2 aliphatic carbocycles. The summed E-state index contributed by atoms with van der Waals surface area (Å²) in [6.45, 7) is 10.7. The Kier molecular flexibility index (Phi) is 3.12. The van der Waals surface area contributed by atoms with Gasteiger partial charge >= 0.3 is 0 Å². The third-order valence-corrected chi connectivity index (χ3v) is 5.16. The van der Waals surface area contributed by atoms with Gasteiger partial charge in [-0.2, -0.15) is 0 Å². The van der Waals surface area contributed by atoms with E-state index in [0.717, 1.165) is 30.2 Å². The number of fused-ring (bicyclic) bond motifs is 2. The van der Waals surface area contributed by atoms with Crippen LogP contribution in [0.5, 0.6) is 0 Å². The van der Waals surface area contributed by atoms with Gasteiger partial charge < -0.3 is 5.32 Å². The second-order valence-corrected chi connectivity index (χ2v) is 6.32. The zero-order valence-corrected chi connectivity index (χ0v) is 10.8. The highest BCUT2D eigenvalue weighted by atomic mass is 15.0. The molecule has 0 aromatic heterocycles. The minimum Gasteiger partial charge on any atom is -0.311 e. The normalized spacial score (nSPS) is 50.4. The SMILES string of the molecule is CCNC1(C)C(C)CC2CC(C)CC1C2. The molecule has 5 atom stereocenters. The van der Waals surface area contributed by atoms with Gasteiger partial charge in [0.05, 0.1) is 0 Å². The fourth-order valence-electron chi connectivity index (χ4n) is 4.27. The molecule has 15 heavy (non-hydrogen) atoms. The van der Waals surface area contributed by atoms with Crippen molar-refractivity contribution in [2.45, 2.75) is 58.9 Å². The molecule has 0 aromatic rings. The Bertz CT molecular complexity index is 221. The average Bonchev–Trinajstić information content (AvgIpc) is 2.15. The van der Waals surface area contributed by atoms with Crippen LogP contribution >= 0.6 is 0 Å². The Balaban J connectivity index is 2.15. The summed E-state index contributed by atoms with van der Waals surface area (Å²) in [7, 11) is 0. The maximum Gasteiger partial charge on any atom is 0.0207 e. The average molecular weight is 209 g/mol. The fourth-order valence-corrected chi connectivity index (χ4v) is 4.27. The van der Waals surface area contributed by atoms with Crippen LogP contribution in [0.2, 0.25) is 0 Å². The standard InChI is InChI=1S/C14H27N/c1-5-15-14(4)11(3)8-12-6-10(2)7-13(14)9-12/h10-13,15H,5-9H2,1-4H3. The summed E-state index contributed by atoms with van der Waals surface area (Å²) in [5.41, 5.74) is 0.417. The van der Waals surface area contributed by atoms with Crippen LogP contribution in [-0.4, -0.2) is 12.1 Å². The molecule has 5 unspecified atom stereocenters. The first-order chi connectivity index (χ1) is 7.06. The molecule has 0 saturated heterocycles. The van der Waals surface area contributed by atoms with Gasteiger partial charge in [-0.15, -0.1) is 0 Å². The first kappa shape index (κ1) is 11.4. The maximum absolute atomic E-state index is 3.79. The predicted octanol–water partition coefficient (Wildman–Crippen LogP) is 3.45. The van der Waals surface area contributed by atoms with Gasteiger partial charge in [0.1, 0.15) is 0 Å². The van der Waals surface area contributed by atoms with Gasteiger partial charge in [0.2, 0.25) is 0 Å². The van der Waals surface area contributed by atoms with Crippen LogP contribution in [-0.2, 0) is 0 Å². The lowest BCUT2D eigenvalue weighted by Gasteiger charge is -2.53. The van der Waals surface area contributed by atoms with Crippen molar-refractivity contribution in [2.24, 2.45) is 23.7 Å². The van der Waals surface area contributed by atoms with Crippen molar-refractivity contribution in [3.63, 3.8) is 0 Å². The number of rotatable bonds is 2. The maximum atomic E-state index is 3.79. The molecule has 0 heterocycles. The van der Waals surface area contributed by atoms with Gasteiger partial charge in [0.15, 0.2) is 0 Å². The van der Waals surface area contributed by atoms with Gasteiger partial charge in [0, 0.05) is 5.54 Å². The molecule has 0 radical (unpaired) electrons. The first-order valence-electron chi connectivity index (χ1n) is 6.81. The summed E-state index contributed by atoms with van der Waals surface area (Å²) >= 11 is 0. The van der Waals surface area contributed by atoms with Gasteiger partial charge in [-0.25, -0.2) is 0 Å². The van der Waals surface area contributed by atoms with Crippen molar-refractivity contribution >= 4 is 0 Å². The molecule has 1 nitrogen and oxygen atoms in total. The molecule has 1 heteroatoms. The van der Waals surface area contributed by atoms with Gasteiger partial charge in [-0.05, 0) is 62.8 Å². The molecule has 2 saturated carbocycles. The summed E-state index contributed by atoms with van der Waals surface area (Å²) in [6.07, 6.45) is 5.87. The van der Waals surface area contributed by atoms with Crippen LogP contribution in [0.3, 0.4) is 0 Å². The monoisotopic (exact) mass is 209 g/mol. The van der Waals surface area contributed by atoms with E-state index < -0.39 is 0 Å². The second kappa shape index (κ2) is 4.08. The molecule has 1 N–H and O–H groups in total. The highest BCUT2D eigenvalue weighted by Crippen LogP contribution is 2.49. The molecule has 0 amide bonds. The summed E-state index contributed by atoms with van der Waals surface area (Å²) in [6, 6.07) is 0. The van der Waals surface area contributed by atoms with Crippen LogP contribution in [0.25, 0.3) is 0 Å². The van der Waals surface area contributed by atoms with Crippen molar-refractivity contribution < 1.29 is 0 Å². The Morgan fingerprint density at radius 2 is 1.87 bits per heavy atom. The number of hydrogen-bond acceptors (Lipinski definition) is 1. The highest BCUT2D eigenvalue weighted by molar-refractivity contribution is 5.02. The molecule has 88 valence electrons. The minimum atomic E-state index is 0.417. The van der Waals surface area contributed by atoms with Crippen LogP contribution in [0, 0.1) is 23.7 Å². The Morgan fingerprint density at radius 3 is 2.53 bits per heavy atom. The molecular weight excluding hydrogens is 182 g/mol. The minimum absolute atomic E-state index is 0.417. The molecule has 2 rings (SSSR count). The van der Waals surface area contributed by atoms with Crippen molar-refractivity contribution in [2.75, 3.05) is 6.54 Å². The topological polar surface area (TPSA) is 12.0 Å². The van der Waals surface area contributed by atoms with E-state index in [9.17, 15) is 0 Å². The fraction of sp³-hybridized carbons (Fsp3) is 1.00. The van der Waals surface area contributed by atoms with Crippen LogP contribution < -0.4 is 5.32 Å². The van der Waals surface area contributed by atoms with E-state index in [1.54, 1.807) is 0 Å². The van der Waals surface area contributed by atoms with Crippen molar-refractivity contribution in [3.8, 4) is 0 Å². The van der Waals surface area contributed by atoms with E-state index in [2.05, 4.69) is 33.0 Å². The smallest absolute Gasteiger partial charge is 0.0207 e. The van der Waals surface area contributed by atoms with Crippen molar-refractivity contribution in [1.82, 2.24) is 5.32 Å². The second-order valence-electron chi connectivity index (χ2n) is 6.32. The van der Waals surface area contributed by atoms with Gasteiger partial charge in [-0.1, -0.05) is 20.8 Å². The van der Waals surface area contributed by atoms with Crippen LogP contribution in [0.4, 0.5) is 0 Å². The lowest BCUT2D eigenvalue weighted by molar-refractivity contribution is 0.0107. The summed E-state index contributed by atoms with van der Waals surface area (Å²) in [5, 5.41) is 3.79. The van der Waals surface area contributed by atoms with Crippen molar-refractivity contribution in [3.05, 3.63) is 0 Å². The molecule has 0 aliphatic heterocycles. The van der Waals surface area contributed by atoms with E-state index in [-0.39, 0.29) is 0 Å². The molecule has 2 aliphatic rings.